The molecule has 0 aliphatic rings. The molecule has 3 heteroatoms. The predicted molar refractivity (Wildman–Crippen MR) is 70.1 cm³/mol. The van der Waals surface area contributed by atoms with E-state index in [0.717, 1.165) is 29.3 Å². The molecule has 0 aliphatic heterocycles. The highest BCUT2D eigenvalue weighted by molar-refractivity contribution is 5.98. The van der Waals surface area contributed by atoms with E-state index >= 15 is 0 Å². The lowest BCUT2D eigenvalue weighted by molar-refractivity contribution is 0.0935. The fourth-order valence-corrected chi connectivity index (χ4v) is 1.96. The molecule has 0 saturated heterocycles. The molecule has 2 aromatic rings. The van der Waals surface area contributed by atoms with Crippen LogP contribution in [0.4, 0.5) is 0 Å². The normalized spacial score (nSPS) is 11.0. The Labute approximate surface area is 101 Å². The molecule has 0 saturated carbocycles. The van der Waals surface area contributed by atoms with Gasteiger partial charge in [0.1, 0.15) is 0 Å². The number of hydrogen-bond acceptors (Lipinski definition) is 1. The molecule has 0 aliphatic carbocycles. The lowest BCUT2D eigenvalue weighted by Gasteiger charge is -2.14. The third-order valence-electron chi connectivity index (χ3n) is 3.14. The zero-order valence-corrected chi connectivity index (χ0v) is 10.3. The average molecular weight is 230 g/mol. The quantitative estimate of drug-likeness (QED) is 0.833. The summed E-state index contributed by atoms with van der Waals surface area (Å²) in [7, 11) is 0. The largest absolute Gasteiger partial charge is 0.361 e. The van der Waals surface area contributed by atoms with E-state index in [1.54, 1.807) is 0 Å². The Morgan fingerprint density at radius 3 is 2.76 bits per heavy atom. The van der Waals surface area contributed by atoms with Gasteiger partial charge in [-0.15, -0.1) is 0 Å². The summed E-state index contributed by atoms with van der Waals surface area (Å²) < 4.78 is 0. The average Bonchev–Trinajstić information content (AvgIpc) is 2.82. The third kappa shape index (κ3) is 2.49. The molecule has 0 radical (unpaired) electrons. The van der Waals surface area contributed by atoms with Gasteiger partial charge in [0.2, 0.25) is 0 Å². The van der Waals surface area contributed by atoms with E-state index in [4.69, 9.17) is 0 Å². The summed E-state index contributed by atoms with van der Waals surface area (Å²) >= 11 is 0. The molecule has 2 N–H and O–H groups in total. The van der Waals surface area contributed by atoms with Crippen LogP contribution in [-0.2, 0) is 0 Å². The Hall–Kier alpha value is -1.77. The van der Waals surface area contributed by atoms with Crippen molar-refractivity contribution >= 4 is 16.8 Å². The lowest BCUT2D eigenvalue weighted by Crippen LogP contribution is -2.33. The summed E-state index contributed by atoms with van der Waals surface area (Å²) in [5.74, 6) is 0.0156. The molecule has 0 atom stereocenters. The Morgan fingerprint density at radius 2 is 2.06 bits per heavy atom. The lowest BCUT2D eigenvalue weighted by atomic mass is 10.1. The van der Waals surface area contributed by atoms with Gasteiger partial charge in [-0.3, -0.25) is 4.79 Å². The molecular formula is C14H18N2O. The predicted octanol–water partition coefficient (Wildman–Crippen LogP) is 3.09. The number of H-pyrrole nitrogens is 1. The molecule has 0 fully saturated rings. The molecule has 2 rings (SSSR count). The van der Waals surface area contributed by atoms with E-state index in [0.29, 0.717) is 0 Å². The van der Waals surface area contributed by atoms with Gasteiger partial charge in [-0.05, 0) is 37.1 Å². The van der Waals surface area contributed by atoms with E-state index in [-0.39, 0.29) is 11.9 Å². The SMILES string of the molecule is CCC(CC)NC(=O)c1ccc2[nH]ccc2c1. The fraction of sp³-hybridized carbons (Fsp3) is 0.357. The van der Waals surface area contributed by atoms with Crippen molar-refractivity contribution in [1.82, 2.24) is 10.3 Å². The molecule has 17 heavy (non-hydrogen) atoms. The summed E-state index contributed by atoms with van der Waals surface area (Å²) in [5, 5.41) is 4.11. The van der Waals surface area contributed by atoms with Crippen molar-refractivity contribution in [1.29, 1.82) is 0 Å². The highest BCUT2D eigenvalue weighted by Gasteiger charge is 2.10. The number of fused-ring (bicyclic) bond motifs is 1. The molecule has 1 aromatic heterocycles. The smallest absolute Gasteiger partial charge is 0.251 e. The second-order valence-corrected chi connectivity index (χ2v) is 4.27. The van der Waals surface area contributed by atoms with Crippen molar-refractivity contribution in [2.45, 2.75) is 32.7 Å². The molecule has 90 valence electrons. The fourth-order valence-electron chi connectivity index (χ4n) is 1.96. The number of carbonyl (C=O) groups is 1. The Morgan fingerprint density at radius 1 is 1.29 bits per heavy atom. The van der Waals surface area contributed by atoms with Crippen LogP contribution in [0.25, 0.3) is 10.9 Å². The Kier molecular flexibility index (Phi) is 3.47. The van der Waals surface area contributed by atoms with Gasteiger partial charge in [-0.25, -0.2) is 0 Å². The van der Waals surface area contributed by atoms with Gasteiger partial charge in [0.25, 0.3) is 5.91 Å². The van der Waals surface area contributed by atoms with Crippen LogP contribution in [-0.4, -0.2) is 16.9 Å². The number of hydrogen-bond donors (Lipinski definition) is 2. The first kappa shape index (κ1) is 11.7. The van der Waals surface area contributed by atoms with Gasteiger partial charge >= 0.3 is 0 Å². The van der Waals surface area contributed by atoms with Crippen molar-refractivity contribution in [3.05, 3.63) is 36.0 Å². The number of benzene rings is 1. The molecule has 1 aromatic carbocycles. The second-order valence-electron chi connectivity index (χ2n) is 4.27. The van der Waals surface area contributed by atoms with Gasteiger partial charge in [-0.2, -0.15) is 0 Å². The number of nitrogens with one attached hydrogen (secondary N) is 2. The summed E-state index contributed by atoms with van der Waals surface area (Å²) in [6.07, 6.45) is 3.82. The van der Waals surface area contributed by atoms with Crippen LogP contribution in [0.2, 0.25) is 0 Å². The Bertz CT molecular complexity index is 512. The monoisotopic (exact) mass is 230 g/mol. The van der Waals surface area contributed by atoms with Crippen LogP contribution < -0.4 is 5.32 Å². The molecule has 0 bridgehead atoms. The van der Waals surface area contributed by atoms with Gasteiger partial charge in [-0.1, -0.05) is 13.8 Å². The minimum absolute atomic E-state index is 0.0156. The van der Waals surface area contributed by atoms with Crippen LogP contribution in [0.3, 0.4) is 0 Å². The van der Waals surface area contributed by atoms with Gasteiger partial charge in [0.05, 0.1) is 0 Å². The topological polar surface area (TPSA) is 44.9 Å². The van der Waals surface area contributed by atoms with Crippen molar-refractivity contribution in [3.63, 3.8) is 0 Å². The maximum Gasteiger partial charge on any atom is 0.251 e. The summed E-state index contributed by atoms with van der Waals surface area (Å²) in [5.41, 5.74) is 1.79. The van der Waals surface area contributed by atoms with Gasteiger partial charge in [0.15, 0.2) is 0 Å². The van der Waals surface area contributed by atoms with Crippen LogP contribution in [0.5, 0.6) is 0 Å². The molecule has 0 unspecified atom stereocenters. The number of aromatic nitrogens is 1. The highest BCUT2D eigenvalue weighted by Crippen LogP contribution is 2.14. The molecule has 3 nitrogen and oxygen atoms in total. The van der Waals surface area contributed by atoms with Crippen LogP contribution in [0.1, 0.15) is 37.0 Å². The Balaban J connectivity index is 2.18. The molecule has 1 amide bonds. The number of aromatic amines is 1. The van der Waals surface area contributed by atoms with Crippen molar-refractivity contribution in [2.24, 2.45) is 0 Å². The molecular weight excluding hydrogens is 212 g/mol. The minimum Gasteiger partial charge on any atom is -0.361 e. The summed E-state index contributed by atoms with van der Waals surface area (Å²) in [6.45, 7) is 4.17. The first-order chi connectivity index (χ1) is 8.24. The van der Waals surface area contributed by atoms with Crippen molar-refractivity contribution in [2.75, 3.05) is 0 Å². The highest BCUT2D eigenvalue weighted by atomic mass is 16.1. The van der Waals surface area contributed by atoms with Crippen molar-refractivity contribution in [3.8, 4) is 0 Å². The minimum atomic E-state index is 0.0156. The summed E-state index contributed by atoms with van der Waals surface area (Å²) in [6, 6.07) is 7.96. The number of carbonyl (C=O) groups excluding carboxylic acids is 1. The standard InChI is InChI=1S/C14H18N2O/c1-3-12(4-2)16-14(17)11-5-6-13-10(9-11)7-8-15-13/h5-9,12,15H,3-4H2,1-2H3,(H,16,17). The van der Waals surface area contributed by atoms with Crippen LogP contribution in [0, 0.1) is 0 Å². The number of amides is 1. The van der Waals surface area contributed by atoms with Gasteiger partial charge in [0, 0.05) is 28.7 Å². The van der Waals surface area contributed by atoms with E-state index in [9.17, 15) is 4.79 Å². The zero-order chi connectivity index (χ0) is 12.3. The first-order valence-corrected chi connectivity index (χ1v) is 6.12. The summed E-state index contributed by atoms with van der Waals surface area (Å²) in [4.78, 5) is 15.1. The van der Waals surface area contributed by atoms with E-state index in [1.165, 1.54) is 0 Å². The van der Waals surface area contributed by atoms with Crippen LogP contribution >= 0.6 is 0 Å². The van der Waals surface area contributed by atoms with E-state index < -0.39 is 0 Å². The van der Waals surface area contributed by atoms with E-state index in [2.05, 4.69) is 24.1 Å². The second kappa shape index (κ2) is 5.04. The van der Waals surface area contributed by atoms with Crippen molar-refractivity contribution < 1.29 is 4.79 Å². The molecule has 0 spiro atoms. The maximum atomic E-state index is 12.0. The maximum absolute atomic E-state index is 12.0. The third-order valence-corrected chi connectivity index (χ3v) is 3.14. The van der Waals surface area contributed by atoms with Crippen LogP contribution in [0.15, 0.2) is 30.5 Å². The zero-order valence-electron chi connectivity index (χ0n) is 10.3. The first-order valence-electron chi connectivity index (χ1n) is 6.12. The van der Waals surface area contributed by atoms with E-state index in [1.807, 2.05) is 30.5 Å². The molecule has 1 heterocycles. The number of rotatable bonds is 4. The van der Waals surface area contributed by atoms with Gasteiger partial charge < -0.3 is 10.3 Å².